The Morgan fingerprint density at radius 3 is 0.725 bits per heavy atom. The quantitative estimate of drug-likeness (QED) is 0.0261. The van der Waals surface area contributed by atoms with Crippen LogP contribution in [0, 0.1) is 0 Å². The molecule has 0 rings (SSSR count). The van der Waals surface area contributed by atoms with Gasteiger partial charge >= 0.3 is 17.9 Å². The number of hydrogen-bond donors (Lipinski definition) is 0. The lowest BCUT2D eigenvalue weighted by molar-refractivity contribution is -0.167. The molecule has 0 aliphatic rings. The number of unbranched alkanes of at least 4 members (excludes halogenated alkanes) is 45. The number of allylic oxidation sites excluding steroid dienone is 2. The second kappa shape index (κ2) is 58.7. The Hall–Kier alpha value is -1.85. The molecule has 0 aromatic rings. The maximum atomic E-state index is 12.9. The number of esters is 3. The molecular weight excluding hydrogens is 853 g/mol. The van der Waals surface area contributed by atoms with Crippen LogP contribution in [0.1, 0.15) is 355 Å². The van der Waals surface area contributed by atoms with Gasteiger partial charge in [-0.05, 0) is 44.9 Å². The fraction of sp³-hybridized carbons (Fsp3) is 0.921. The van der Waals surface area contributed by atoms with Gasteiger partial charge in [-0.2, -0.15) is 0 Å². The second-order valence-corrected chi connectivity index (χ2v) is 21.3. The van der Waals surface area contributed by atoms with Gasteiger partial charge in [0.25, 0.3) is 0 Å². The Morgan fingerprint density at radius 1 is 0.275 bits per heavy atom. The first-order valence-corrected chi connectivity index (χ1v) is 31.2. The van der Waals surface area contributed by atoms with Crippen LogP contribution in [0.4, 0.5) is 0 Å². The Morgan fingerprint density at radius 2 is 0.478 bits per heavy atom. The van der Waals surface area contributed by atoms with E-state index in [1.807, 2.05) is 0 Å². The molecule has 0 fully saturated rings. The van der Waals surface area contributed by atoms with Gasteiger partial charge in [-0.15, -0.1) is 0 Å². The number of ether oxygens (including phenoxy) is 3. The fourth-order valence-corrected chi connectivity index (χ4v) is 9.56. The van der Waals surface area contributed by atoms with Crippen molar-refractivity contribution in [3.8, 4) is 0 Å². The average Bonchev–Trinajstić information content (AvgIpc) is 3.35. The zero-order chi connectivity index (χ0) is 50.0. The lowest BCUT2D eigenvalue weighted by Crippen LogP contribution is -2.30. The Balaban J connectivity index is 4.28. The number of carbonyl (C=O) groups excluding carboxylic acids is 3. The summed E-state index contributed by atoms with van der Waals surface area (Å²) >= 11 is 0. The van der Waals surface area contributed by atoms with Crippen molar-refractivity contribution in [1.82, 2.24) is 0 Å². The predicted octanol–water partition coefficient (Wildman–Crippen LogP) is 20.9. The molecule has 0 aromatic carbocycles. The van der Waals surface area contributed by atoms with Crippen LogP contribution >= 0.6 is 0 Å². The van der Waals surface area contributed by atoms with Crippen LogP contribution in [0.5, 0.6) is 0 Å². The number of hydrogen-bond acceptors (Lipinski definition) is 6. The lowest BCUT2D eigenvalue weighted by Gasteiger charge is -2.18. The van der Waals surface area contributed by atoms with Gasteiger partial charge in [-0.25, -0.2) is 0 Å². The van der Waals surface area contributed by atoms with E-state index in [9.17, 15) is 14.4 Å². The molecule has 408 valence electrons. The standard InChI is InChI=1S/C63H120O6/c1-4-7-10-13-16-19-22-25-27-29-31-33-35-38-41-44-47-50-53-56-62(65)68-59-60(58-67-61(64)55-52-49-46-43-40-37-24-21-18-15-12-9-6-3)69-63(66)57-54-51-48-45-42-39-36-34-32-30-28-26-23-20-17-14-11-8-5-2/h26,28,60H,4-25,27,29-59H2,1-3H3/b28-26-/t60-/m0/s1. The summed E-state index contributed by atoms with van der Waals surface area (Å²) in [5.41, 5.74) is 0. The molecule has 0 unspecified atom stereocenters. The molecule has 0 aliphatic carbocycles. The highest BCUT2D eigenvalue weighted by atomic mass is 16.6. The molecule has 0 radical (unpaired) electrons. The summed E-state index contributed by atoms with van der Waals surface area (Å²) in [4.78, 5) is 38.2. The molecule has 0 saturated heterocycles. The summed E-state index contributed by atoms with van der Waals surface area (Å²) in [6, 6.07) is 0. The predicted molar refractivity (Wildman–Crippen MR) is 298 cm³/mol. The van der Waals surface area contributed by atoms with Crippen LogP contribution in [-0.2, 0) is 28.6 Å². The van der Waals surface area contributed by atoms with Gasteiger partial charge in [0.15, 0.2) is 6.10 Å². The number of rotatable bonds is 58. The van der Waals surface area contributed by atoms with Crippen molar-refractivity contribution in [3.63, 3.8) is 0 Å². The fourth-order valence-electron chi connectivity index (χ4n) is 9.56. The summed E-state index contributed by atoms with van der Waals surface area (Å²) in [6.07, 6.45) is 67.8. The van der Waals surface area contributed by atoms with Gasteiger partial charge in [-0.1, -0.05) is 303 Å². The van der Waals surface area contributed by atoms with Gasteiger partial charge in [0.05, 0.1) is 0 Å². The van der Waals surface area contributed by atoms with Crippen LogP contribution < -0.4 is 0 Å². The van der Waals surface area contributed by atoms with E-state index in [0.717, 1.165) is 57.8 Å². The van der Waals surface area contributed by atoms with Crippen molar-refractivity contribution in [2.75, 3.05) is 13.2 Å². The van der Waals surface area contributed by atoms with E-state index in [-0.39, 0.29) is 31.1 Å². The Labute approximate surface area is 431 Å². The van der Waals surface area contributed by atoms with E-state index < -0.39 is 6.10 Å². The second-order valence-electron chi connectivity index (χ2n) is 21.3. The van der Waals surface area contributed by atoms with Crippen molar-refractivity contribution in [2.45, 2.75) is 361 Å². The molecule has 0 saturated carbocycles. The molecule has 1 atom stereocenters. The SMILES string of the molecule is CCCCCCCC/C=C\CCCCCCCCCCCC(=O)O[C@@H](COC(=O)CCCCCCCCCCCCCCC)COC(=O)CCCCCCCCCCCCCCCCCCCCC. The van der Waals surface area contributed by atoms with E-state index in [2.05, 4.69) is 32.9 Å². The maximum absolute atomic E-state index is 12.9. The summed E-state index contributed by atoms with van der Waals surface area (Å²) in [5.74, 6) is -0.837. The summed E-state index contributed by atoms with van der Waals surface area (Å²) < 4.78 is 16.9. The normalized spacial score (nSPS) is 12.0. The van der Waals surface area contributed by atoms with Gasteiger partial charge < -0.3 is 14.2 Å². The van der Waals surface area contributed by atoms with E-state index in [1.54, 1.807) is 0 Å². The highest BCUT2D eigenvalue weighted by Crippen LogP contribution is 2.18. The molecule has 0 N–H and O–H groups in total. The zero-order valence-electron chi connectivity index (χ0n) is 46.9. The monoisotopic (exact) mass is 973 g/mol. The minimum absolute atomic E-state index is 0.0643. The molecule has 0 aliphatic heterocycles. The molecule has 0 spiro atoms. The summed E-state index contributed by atoms with van der Waals surface area (Å²) in [6.45, 7) is 6.70. The zero-order valence-corrected chi connectivity index (χ0v) is 46.9. The van der Waals surface area contributed by atoms with Crippen LogP contribution in [0.3, 0.4) is 0 Å². The molecule has 0 heterocycles. The van der Waals surface area contributed by atoms with Crippen molar-refractivity contribution < 1.29 is 28.6 Å². The van der Waals surface area contributed by atoms with E-state index in [0.29, 0.717) is 19.3 Å². The highest BCUT2D eigenvalue weighted by Gasteiger charge is 2.19. The lowest BCUT2D eigenvalue weighted by atomic mass is 10.0. The first-order valence-electron chi connectivity index (χ1n) is 31.2. The molecule has 6 heteroatoms. The van der Waals surface area contributed by atoms with E-state index >= 15 is 0 Å². The van der Waals surface area contributed by atoms with E-state index in [4.69, 9.17) is 14.2 Å². The van der Waals surface area contributed by atoms with Gasteiger partial charge in [0.1, 0.15) is 13.2 Å². The Bertz CT molecular complexity index is 1070. The van der Waals surface area contributed by atoms with Crippen LogP contribution in [0.15, 0.2) is 12.2 Å². The van der Waals surface area contributed by atoms with Crippen molar-refractivity contribution in [2.24, 2.45) is 0 Å². The average molecular weight is 974 g/mol. The van der Waals surface area contributed by atoms with Crippen molar-refractivity contribution in [1.29, 1.82) is 0 Å². The van der Waals surface area contributed by atoms with Gasteiger partial charge in [-0.3, -0.25) is 14.4 Å². The molecular formula is C63H120O6. The third-order valence-electron chi connectivity index (χ3n) is 14.3. The first kappa shape index (κ1) is 67.1. The van der Waals surface area contributed by atoms with Crippen molar-refractivity contribution in [3.05, 3.63) is 12.2 Å². The van der Waals surface area contributed by atoms with Crippen LogP contribution in [0.2, 0.25) is 0 Å². The first-order chi connectivity index (χ1) is 34.0. The molecule has 0 bridgehead atoms. The number of carbonyl (C=O) groups is 3. The van der Waals surface area contributed by atoms with Crippen molar-refractivity contribution >= 4 is 17.9 Å². The maximum Gasteiger partial charge on any atom is 0.306 e. The third-order valence-corrected chi connectivity index (χ3v) is 14.3. The van der Waals surface area contributed by atoms with Gasteiger partial charge in [0.2, 0.25) is 0 Å². The van der Waals surface area contributed by atoms with Crippen LogP contribution in [0.25, 0.3) is 0 Å². The largest absolute Gasteiger partial charge is 0.462 e. The summed E-state index contributed by atoms with van der Waals surface area (Å²) in [7, 11) is 0. The van der Waals surface area contributed by atoms with Crippen LogP contribution in [-0.4, -0.2) is 37.2 Å². The molecule has 0 aromatic heterocycles. The Kier molecular flexibility index (Phi) is 57.1. The topological polar surface area (TPSA) is 78.9 Å². The molecule has 6 nitrogen and oxygen atoms in total. The third kappa shape index (κ3) is 56.9. The molecule has 69 heavy (non-hydrogen) atoms. The molecule has 0 amide bonds. The van der Waals surface area contributed by atoms with Gasteiger partial charge in [0, 0.05) is 19.3 Å². The highest BCUT2D eigenvalue weighted by molar-refractivity contribution is 5.71. The van der Waals surface area contributed by atoms with E-state index in [1.165, 1.54) is 257 Å². The minimum atomic E-state index is -0.766. The summed E-state index contributed by atoms with van der Waals surface area (Å²) in [5, 5.41) is 0. The minimum Gasteiger partial charge on any atom is -0.462 e. The smallest absolute Gasteiger partial charge is 0.306 e.